The van der Waals surface area contributed by atoms with Crippen molar-refractivity contribution in [1.82, 2.24) is 5.32 Å². The molecular formula is C19H25N. The van der Waals surface area contributed by atoms with Crippen molar-refractivity contribution in [3.63, 3.8) is 0 Å². The van der Waals surface area contributed by atoms with E-state index in [0.29, 0.717) is 12.1 Å². The molecule has 1 nitrogen and oxygen atoms in total. The van der Waals surface area contributed by atoms with E-state index in [1.54, 1.807) is 0 Å². The highest BCUT2D eigenvalue weighted by Crippen LogP contribution is 2.21. The van der Waals surface area contributed by atoms with Gasteiger partial charge in [0, 0.05) is 12.1 Å². The fraction of sp³-hybridized carbons (Fsp3) is 0.368. The lowest BCUT2D eigenvalue weighted by Gasteiger charge is -2.21. The summed E-state index contributed by atoms with van der Waals surface area (Å²) in [5.41, 5.74) is 6.72. The minimum absolute atomic E-state index is 0.352. The predicted octanol–water partition coefficient (Wildman–Crippen LogP) is 5.02. The van der Waals surface area contributed by atoms with E-state index in [1.165, 1.54) is 27.8 Å². The van der Waals surface area contributed by atoms with Crippen LogP contribution in [0.15, 0.2) is 42.5 Å². The maximum Gasteiger partial charge on any atom is 0.0297 e. The van der Waals surface area contributed by atoms with Gasteiger partial charge in [0.2, 0.25) is 0 Å². The highest BCUT2D eigenvalue weighted by molar-refractivity contribution is 5.32. The van der Waals surface area contributed by atoms with Gasteiger partial charge < -0.3 is 5.32 Å². The molecule has 2 rings (SSSR count). The van der Waals surface area contributed by atoms with Crippen molar-refractivity contribution in [2.24, 2.45) is 0 Å². The van der Waals surface area contributed by atoms with Crippen molar-refractivity contribution in [3.8, 4) is 0 Å². The Hall–Kier alpha value is -1.60. The molecule has 0 aliphatic carbocycles. The molecule has 0 saturated heterocycles. The average Bonchev–Trinajstić information content (AvgIpc) is 2.42. The summed E-state index contributed by atoms with van der Waals surface area (Å²) >= 11 is 0. The molecule has 2 atom stereocenters. The van der Waals surface area contributed by atoms with E-state index in [-0.39, 0.29) is 0 Å². The molecule has 0 amide bonds. The second-order valence-corrected chi connectivity index (χ2v) is 5.86. The van der Waals surface area contributed by atoms with Crippen LogP contribution in [0, 0.1) is 20.8 Å². The Balaban J connectivity index is 2.08. The van der Waals surface area contributed by atoms with Gasteiger partial charge in [-0.2, -0.15) is 0 Å². The van der Waals surface area contributed by atoms with Crippen LogP contribution in [0.2, 0.25) is 0 Å². The van der Waals surface area contributed by atoms with Gasteiger partial charge in [0.05, 0.1) is 0 Å². The van der Waals surface area contributed by atoms with E-state index in [0.717, 1.165) is 0 Å². The Morgan fingerprint density at radius 1 is 0.700 bits per heavy atom. The van der Waals surface area contributed by atoms with Crippen LogP contribution in [-0.2, 0) is 0 Å². The van der Waals surface area contributed by atoms with Gasteiger partial charge in [0.1, 0.15) is 0 Å². The molecule has 0 radical (unpaired) electrons. The lowest BCUT2D eigenvalue weighted by Crippen LogP contribution is -2.22. The Labute approximate surface area is 123 Å². The minimum atomic E-state index is 0.352. The normalized spacial score (nSPS) is 14.1. The van der Waals surface area contributed by atoms with E-state index < -0.39 is 0 Å². The number of nitrogens with one attached hydrogen (secondary N) is 1. The molecular weight excluding hydrogens is 242 g/mol. The molecule has 0 fully saturated rings. The molecule has 1 heteroatoms. The fourth-order valence-electron chi connectivity index (χ4n) is 2.46. The van der Waals surface area contributed by atoms with Gasteiger partial charge in [-0.1, -0.05) is 48.0 Å². The van der Waals surface area contributed by atoms with E-state index in [2.05, 4.69) is 82.4 Å². The Kier molecular flexibility index (Phi) is 4.61. The van der Waals surface area contributed by atoms with E-state index in [9.17, 15) is 0 Å². The first-order chi connectivity index (χ1) is 9.47. The Morgan fingerprint density at radius 2 is 1.25 bits per heavy atom. The van der Waals surface area contributed by atoms with Gasteiger partial charge in [0.25, 0.3) is 0 Å². The van der Waals surface area contributed by atoms with E-state index >= 15 is 0 Å². The second-order valence-electron chi connectivity index (χ2n) is 5.86. The molecule has 0 spiro atoms. The SMILES string of the molecule is Cc1ccc([C@@H](C)NC(C)c2ccc(C)c(C)c2)cc1. The molecule has 2 aromatic carbocycles. The summed E-state index contributed by atoms with van der Waals surface area (Å²) < 4.78 is 0. The third kappa shape index (κ3) is 3.49. The highest BCUT2D eigenvalue weighted by atomic mass is 14.9. The molecule has 0 aliphatic rings. The van der Waals surface area contributed by atoms with Crippen LogP contribution < -0.4 is 5.32 Å². The molecule has 0 bridgehead atoms. The number of hydrogen-bond donors (Lipinski definition) is 1. The summed E-state index contributed by atoms with van der Waals surface area (Å²) in [5, 5.41) is 3.68. The summed E-state index contributed by atoms with van der Waals surface area (Å²) in [6.07, 6.45) is 0. The van der Waals surface area contributed by atoms with Crippen molar-refractivity contribution >= 4 is 0 Å². The molecule has 106 valence electrons. The maximum absolute atomic E-state index is 3.68. The van der Waals surface area contributed by atoms with Crippen LogP contribution in [-0.4, -0.2) is 0 Å². The van der Waals surface area contributed by atoms with Gasteiger partial charge in [0.15, 0.2) is 0 Å². The molecule has 0 aliphatic heterocycles. The Morgan fingerprint density at radius 3 is 1.85 bits per heavy atom. The standard InChI is InChI=1S/C19H25N/c1-13-6-9-18(10-7-13)16(4)20-17(5)19-11-8-14(2)15(3)12-19/h6-12,16-17,20H,1-5H3/t16-,17?/m1/s1. The molecule has 0 aromatic heterocycles. The van der Waals surface area contributed by atoms with Crippen molar-refractivity contribution in [2.75, 3.05) is 0 Å². The van der Waals surface area contributed by atoms with Crippen molar-refractivity contribution in [3.05, 3.63) is 70.3 Å². The molecule has 20 heavy (non-hydrogen) atoms. The van der Waals surface area contributed by atoms with Crippen LogP contribution in [0.4, 0.5) is 0 Å². The smallest absolute Gasteiger partial charge is 0.0297 e. The monoisotopic (exact) mass is 267 g/mol. The zero-order valence-corrected chi connectivity index (χ0v) is 13.2. The van der Waals surface area contributed by atoms with Gasteiger partial charge in [-0.25, -0.2) is 0 Å². The highest BCUT2D eigenvalue weighted by Gasteiger charge is 2.11. The van der Waals surface area contributed by atoms with Gasteiger partial charge in [-0.3, -0.25) is 0 Å². The lowest BCUT2D eigenvalue weighted by molar-refractivity contribution is 0.494. The topological polar surface area (TPSA) is 12.0 Å². The quantitative estimate of drug-likeness (QED) is 0.819. The van der Waals surface area contributed by atoms with Crippen LogP contribution in [0.25, 0.3) is 0 Å². The zero-order valence-electron chi connectivity index (χ0n) is 13.2. The summed E-state index contributed by atoms with van der Waals surface area (Å²) in [7, 11) is 0. The largest absolute Gasteiger partial charge is 0.304 e. The minimum Gasteiger partial charge on any atom is -0.304 e. The number of aryl methyl sites for hydroxylation is 3. The molecule has 0 heterocycles. The van der Waals surface area contributed by atoms with Crippen LogP contribution in [0.1, 0.15) is 53.7 Å². The lowest BCUT2D eigenvalue weighted by atomic mass is 10.00. The van der Waals surface area contributed by atoms with Crippen molar-refractivity contribution < 1.29 is 0 Å². The van der Waals surface area contributed by atoms with E-state index in [1.807, 2.05) is 0 Å². The number of hydrogen-bond acceptors (Lipinski definition) is 1. The van der Waals surface area contributed by atoms with Gasteiger partial charge in [-0.15, -0.1) is 0 Å². The van der Waals surface area contributed by atoms with Crippen molar-refractivity contribution in [2.45, 2.75) is 46.7 Å². The molecule has 2 aromatic rings. The van der Waals surface area contributed by atoms with E-state index in [4.69, 9.17) is 0 Å². The first-order valence-electron chi connectivity index (χ1n) is 7.37. The van der Waals surface area contributed by atoms with Crippen LogP contribution in [0.5, 0.6) is 0 Å². The zero-order chi connectivity index (χ0) is 14.7. The summed E-state index contributed by atoms with van der Waals surface area (Å²) in [4.78, 5) is 0. The Bertz CT molecular complexity index is 569. The third-order valence-electron chi connectivity index (χ3n) is 4.11. The fourth-order valence-corrected chi connectivity index (χ4v) is 2.46. The van der Waals surface area contributed by atoms with Gasteiger partial charge >= 0.3 is 0 Å². The summed E-state index contributed by atoms with van der Waals surface area (Å²) in [6.45, 7) is 10.9. The van der Waals surface area contributed by atoms with Crippen molar-refractivity contribution in [1.29, 1.82) is 0 Å². The maximum atomic E-state index is 3.68. The molecule has 1 N–H and O–H groups in total. The predicted molar refractivity (Wildman–Crippen MR) is 87.1 cm³/mol. The van der Waals surface area contributed by atoms with Gasteiger partial charge in [-0.05, 0) is 56.9 Å². The molecule has 0 saturated carbocycles. The number of rotatable bonds is 4. The average molecular weight is 267 g/mol. The van der Waals surface area contributed by atoms with Crippen LogP contribution >= 0.6 is 0 Å². The second kappa shape index (κ2) is 6.23. The summed E-state index contributed by atoms with van der Waals surface area (Å²) in [6, 6.07) is 16.2. The third-order valence-corrected chi connectivity index (χ3v) is 4.11. The van der Waals surface area contributed by atoms with Crippen LogP contribution in [0.3, 0.4) is 0 Å². The molecule has 1 unspecified atom stereocenters. The summed E-state index contributed by atoms with van der Waals surface area (Å²) in [5.74, 6) is 0. The first kappa shape index (κ1) is 14.8. The number of benzene rings is 2. The first-order valence-corrected chi connectivity index (χ1v) is 7.37.